The lowest BCUT2D eigenvalue weighted by Crippen LogP contribution is -2.30. The molecule has 0 saturated heterocycles. The number of ether oxygens (including phenoxy) is 1. The molecule has 0 saturated carbocycles. The number of rotatable bonds is 11. The third-order valence-corrected chi connectivity index (χ3v) is 4.47. The van der Waals surface area contributed by atoms with Gasteiger partial charge in [0.25, 0.3) is 5.91 Å². The number of amides is 2. The van der Waals surface area contributed by atoms with Crippen LogP contribution in [-0.4, -0.2) is 47.9 Å². The van der Waals surface area contributed by atoms with E-state index in [4.69, 9.17) is 4.74 Å². The summed E-state index contributed by atoms with van der Waals surface area (Å²) in [5.41, 5.74) is 1.75. The summed E-state index contributed by atoms with van der Waals surface area (Å²) in [4.78, 5) is 31.4. The van der Waals surface area contributed by atoms with Gasteiger partial charge in [0.2, 0.25) is 5.91 Å². The molecule has 7 heteroatoms. The van der Waals surface area contributed by atoms with Gasteiger partial charge in [-0.1, -0.05) is 18.2 Å². The fraction of sp³-hybridized carbons (Fsp3) is 0.348. The number of nitrogens with one attached hydrogen (secondary N) is 2. The van der Waals surface area contributed by atoms with Crippen molar-refractivity contribution in [2.45, 2.75) is 27.2 Å². The highest BCUT2D eigenvalue weighted by Crippen LogP contribution is 2.22. The Kier molecular flexibility index (Phi) is 8.87. The summed E-state index contributed by atoms with van der Waals surface area (Å²) < 4.78 is 5.43. The summed E-state index contributed by atoms with van der Waals surface area (Å²) in [7, 11) is 0. The Balaban J connectivity index is 2.19. The maximum absolute atomic E-state index is 12.7. The van der Waals surface area contributed by atoms with Gasteiger partial charge in [0.15, 0.2) is 0 Å². The molecule has 2 rings (SSSR count). The second-order valence-corrected chi connectivity index (χ2v) is 6.57. The number of carbonyl (C=O) groups excluding carboxylic acids is 2. The molecule has 0 aliphatic carbocycles. The van der Waals surface area contributed by atoms with Crippen molar-refractivity contribution < 1.29 is 14.3 Å². The summed E-state index contributed by atoms with van der Waals surface area (Å²) in [6, 6.07) is 9.07. The number of aromatic nitrogens is 1. The predicted molar refractivity (Wildman–Crippen MR) is 120 cm³/mol. The molecule has 1 aromatic heterocycles. The predicted octanol–water partition coefficient (Wildman–Crippen LogP) is 3.74. The maximum atomic E-state index is 12.7. The molecule has 0 aliphatic heterocycles. The lowest BCUT2D eigenvalue weighted by molar-refractivity contribution is -0.115. The lowest BCUT2D eigenvalue weighted by atomic mass is 10.1. The molecule has 0 radical (unpaired) electrons. The minimum atomic E-state index is -0.199. The van der Waals surface area contributed by atoms with Gasteiger partial charge in [-0.15, -0.1) is 6.58 Å². The summed E-state index contributed by atoms with van der Waals surface area (Å²) in [5, 5.41) is 5.97. The number of hydrogen-bond donors (Lipinski definition) is 2. The second-order valence-electron chi connectivity index (χ2n) is 6.57. The van der Waals surface area contributed by atoms with Crippen molar-refractivity contribution in [1.82, 2.24) is 9.88 Å². The number of pyridine rings is 1. The van der Waals surface area contributed by atoms with Crippen LogP contribution in [0.1, 0.15) is 36.7 Å². The van der Waals surface area contributed by atoms with E-state index in [0.29, 0.717) is 43.3 Å². The zero-order valence-corrected chi connectivity index (χ0v) is 17.9. The summed E-state index contributed by atoms with van der Waals surface area (Å²) >= 11 is 0. The summed E-state index contributed by atoms with van der Waals surface area (Å²) in [6.45, 7) is 11.7. The normalized spacial score (nSPS) is 10.2. The molecule has 0 bridgehead atoms. The third kappa shape index (κ3) is 6.34. The molecule has 2 amide bonds. The van der Waals surface area contributed by atoms with E-state index in [0.717, 1.165) is 11.3 Å². The standard InChI is InChI=1S/C23H30N4O3/c1-5-13-24-22-20(15-18(16-25-22)23(29)27(6-2)7-3)26-21(28)14-17-9-11-19(12-10-17)30-8-4/h5,9-12,15-16H,1,6-8,13-14H2,2-4H3,(H,24,25)(H,26,28). The lowest BCUT2D eigenvalue weighted by Gasteiger charge is -2.19. The Morgan fingerprint density at radius 3 is 2.47 bits per heavy atom. The van der Waals surface area contributed by atoms with E-state index in [2.05, 4.69) is 22.2 Å². The van der Waals surface area contributed by atoms with Gasteiger partial charge < -0.3 is 20.3 Å². The second kappa shape index (κ2) is 11.6. The highest BCUT2D eigenvalue weighted by Gasteiger charge is 2.17. The first-order valence-corrected chi connectivity index (χ1v) is 10.2. The molecule has 0 aliphatic rings. The van der Waals surface area contributed by atoms with Gasteiger partial charge in [0.1, 0.15) is 11.6 Å². The van der Waals surface area contributed by atoms with Crippen LogP contribution in [0.4, 0.5) is 11.5 Å². The molecule has 30 heavy (non-hydrogen) atoms. The molecule has 0 fully saturated rings. The number of hydrogen-bond acceptors (Lipinski definition) is 5. The van der Waals surface area contributed by atoms with E-state index >= 15 is 0 Å². The van der Waals surface area contributed by atoms with Crippen LogP contribution in [0.3, 0.4) is 0 Å². The maximum Gasteiger partial charge on any atom is 0.255 e. The zero-order chi connectivity index (χ0) is 21.9. The molecule has 2 N–H and O–H groups in total. The van der Waals surface area contributed by atoms with E-state index in [9.17, 15) is 9.59 Å². The fourth-order valence-corrected chi connectivity index (χ4v) is 2.93. The van der Waals surface area contributed by atoms with Crippen molar-refractivity contribution in [2.75, 3.05) is 36.9 Å². The first kappa shape index (κ1) is 22.9. The highest BCUT2D eigenvalue weighted by atomic mass is 16.5. The van der Waals surface area contributed by atoms with Crippen molar-refractivity contribution in [3.05, 3.63) is 60.3 Å². The molecule has 0 spiro atoms. The van der Waals surface area contributed by atoms with Gasteiger partial charge in [-0.05, 0) is 44.5 Å². The van der Waals surface area contributed by atoms with Crippen LogP contribution in [0.2, 0.25) is 0 Å². The monoisotopic (exact) mass is 410 g/mol. The van der Waals surface area contributed by atoms with Crippen LogP contribution in [0.5, 0.6) is 5.75 Å². The van der Waals surface area contributed by atoms with E-state index in [1.165, 1.54) is 6.20 Å². The molecule has 7 nitrogen and oxygen atoms in total. The van der Waals surface area contributed by atoms with Gasteiger partial charge in [-0.25, -0.2) is 4.98 Å². The molecule has 1 aromatic carbocycles. The van der Waals surface area contributed by atoms with Crippen LogP contribution in [0.15, 0.2) is 49.2 Å². The average molecular weight is 411 g/mol. The van der Waals surface area contributed by atoms with E-state index < -0.39 is 0 Å². The Morgan fingerprint density at radius 2 is 1.87 bits per heavy atom. The molecule has 2 aromatic rings. The zero-order valence-electron chi connectivity index (χ0n) is 17.9. The molecule has 0 unspecified atom stereocenters. The average Bonchev–Trinajstić information content (AvgIpc) is 2.75. The van der Waals surface area contributed by atoms with Crippen LogP contribution in [-0.2, 0) is 11.2 Å². The topological polar surface area (TPSA) is 83.6 Å². The van der Waals surface area contributed by atoms with Gasteiger partial charge in [-0.2, -0.15) is 0 Å². The first-order chi connectivity index (χ1) is 14.5. The van der Waals surface area contributed by atoms with E-state index in [1.807, 2.05) is 45.0 Å². The van der Waals surface area contributed by atoms with Gasteiger partial charge in [-0.3, -0.25) is 9.59 Å². The van der Waals surface area contributed by atoms with Crippen molar-refractivity contribution in [3.63, 3.8) is 0 Å². The Morgan fingerprint density at radius 1 is 1.17 bits per heavy atom. The van der Waals surface area contributed by atoms with Gasteiger partial charge in [0.05, 0.1) is 24.3 Å². The van der Waals surface area contributed by atoms with Crippen LogP contribution >= 0.6 is 0 Å². The van der Waals surface area contributed by atoms with Crippen molar-refractivity contribution in [2.24, 2.45) is 0 Å². The summed E-state index contributed by atoms with van der Waals surface area (Å²) in [6.07, 6.45) is 3.41. The smallest absolute Gasteiger partial charge is 0.255 e. The van der Waals surface area contributed by atoms with Crippen LogP contribution < -0.4 is 15.4 Å². The van der Waals surface area contributed by atoms with Gasteiger partial charge in [0, 0.05) is 25.8 Å². The summed E-state index contributed by atoms with van der Waals surface area (Å²) in [5.74, 6) is 0.940. The third-order valence-electron chi connectivity index (χ3n) is 4.47. The van der Waals surface area contributed by atoms with Gasteiger partial charge >= 0.3 is 0 Å². The largest absolute Gasteiger partial charge is 0.494 e. The van der Waals surface area contributed by atoms with Crippen LogP contribution in [0, 0.1) is 0 Å². The van der Waals surface area contributed by atoms with Crippen molar-refractivity contribution >= 4 is 23.3 Å². The molecule has 0 atom stereocenters. The highest BCUT2D eigenvalue weighted by molar-refractivity contribution is 5.99. The van der Waals surface area contributed by atoms with E-state index in [1.54, 1.807) is 17.0 Å². The van der Waals surface area contributed by atoms with Crippen molar-refractivity contribution in [1.29, 1.82) is 0 Å². The first-order valence-electron chi connectivity index (χ1n) is 10.2. The Labute approximate surface area is 178 Å². The van der Waals surface area contributed by atoms with Crippen molar-refractivity contribution in [3.8, 4) is 5.75 Å². The van der Waals surface area contributed by atoms with Crippen LogP contribution in [0.25, 0.3) is 0 Å². The molecule has 160 valence electrons. The number of anilines is 2. The Bertz CT molecular complexity index is 861. The fourth-order valence-electron chi connectivity index (χ4n) is 2.93. The number of nitrogens with zero attached hydrogens (tertiary/aromatic N) is 2. The number of carbonyl (C=O) groups is 2. The SMILES string of the molecule is C=CCNc1ncc(C(=O)N(CC)CC)cc1NC(=O)Cc1ccc(OCC)cc1. The minimum absolute atomic E-state index is 0.121. The molecular formula is C23H30N4O3. The Hall–Kier alpha value is -3.35. The van der Waals surface area contributed by atoms with E-state index in [-0.39, 0.29) is 18.2 Å². The quantitative estimate of drug-likeness (QED) is 0.552. The molecular weight excluding hydrogens is 380 g/mol. The molecule has 1 heterocycles. The minimum Gasteiger partial charge on any atom is -0.494 e. The number of benzene rings is 1.